The van der Waals surface area contributed by atoms with E-state index in [0.29, 0.717) is 11.3 Å². The molecule has 0 spiro atoms. The number of rotatable bonds is 4. The van der Waals surface area contributed by atoms with Crippen LogP contribution in [0.15, 0.2) is 70.9 Å². The van der Waals surface area contributed by atoms with Gasteiger partial charge < -0.3 is 14.4 Å². The predicted octanol–water partition coefficient (Wildman–Crippen LogP) is 3.89. The molecule has 2 atom stereocenters. The summed E-state index contributed by atoms with van der Waals surface area (Å²) in [4.78, 5) is 27.2. The van der Waals surface area contributed by atoms with Gasteiger partial charge in [-0.1, -0.05) is 42.5 Å². The summed E-state index contributed by atoms with van der Waals surface area (Å²) < 4.78 is 5.40. The molecule has 27 heavy (non-hydrogen) atoms. The SMILES string of the molecule is O=C1C(=O)N(Cc2ccco2)C(C2CC=CCC2)/C1=C(\O)c1ccccc1. The van der Waals surface area contributed by atoms with Gasteiger partial charge in [-0.3, -0.25) is 9.59 Å². The van der Waals surface area contributed by atoms with E-state index in [-0.39, 0.29) is 23.8 Å². The number of Topliss-reactive ketones (excluding diaryl/α,β-unsaturated/α-hetero) is 1. The standard InChI is InChI=1S/C22H21NO4/c24-20(16-10-5-2-6-11-16)18-19(15-8-3-1-4-9-15)23(22(26)21(18)25)14-17-12-7-13-27-17/h1-3,5-7,10-13,15,19,24H,4,8-9,14H2/b20-18+. The first-order valence-electron chi connectivity index (χ1n) is 9.18. The molecule has 0 bridgehead atoms. The van der Waals surface area contributed by atoms with Crippen LogP contribution in [-0.2, 0) is 16.1 Å². The van der Waals surface area contributed by atoms with Crippen LogP contribution in [0.4, 0.5) is 0 Å². The molecule has 1 aliphatic carbocycles. The van der Waals surface area contributed by atoms with Gasteiger partial charge in [-0.2, -0.15) is 0 Å². The second-order valence-electron chi connectivity index (χ2n) is 6.96. The molecule has 1 aromatic heterocycles. The van der Waals surface area contributed by atoms with Crippen molar-refractivity contribution in [2.24, 2.45) is 5.92 Å². The molecule has 1 aromatic carbocycles. The van der Waals surface area contributed by atoms with Gasteiger partial charge in [0.1, 0.15) is 11.5 Å². The molecule has 138 valence electrons. The summed E-state index contributed by atoms with van der Waals surface area (Å²) in [5, 5.41) is 10.9. The normalized spacial score (nSPS) is 24.5. The molecule has 0 saturated carbocycles. The number of amides is 1. The van der Waals surface area contributed by atoms with Crippen LogP contribution in [0.2, 0.25) is 0 Å². The smallest absolute Gasteiger partial charge is 0.295 e. The van der Waals surface area contributed by atoms with Crippen molar-refractivity contribution in [3.05, 3.63) is 77.8 Å². The van der Waals surface area contributed by atoms with Gasteiger partial charge in [0.05, 0.1) is 24.4 Å². The van der Waals surface area contributed by atoms with E-state index in [4.69, 9.17) is 4.42 Å². The third kappa shape index (κ3) is 3.21. The zero-order valence-electron chi connectivity index (χ0n) is 14.9. The highest BCUT2D eigenvalue weighted by Gasteiger charge is 2.48. The number of aliphatic hydroxyl groups is 1. The Morgan fingerprint density at radius 3 is 2.59 bits per heavy atom. The zero-order chi connectivity index (χ0) is 18.8. The lowest BCUT2D eigenvalue weighted by atomic mass is 9.83. The zero-order valence-corrected chi connectivity index (χ0v) is 14.9. The predicted molar refractivity (Wildman–Crippen MR) is 101 cm³/mol. The van der Waals surface area contributed by atoms with Crippen molar-refractivity contribution < 1.29 is 19.1 Å². The molecule has 5 heteroatoms. The van der Waals surface area contributed by atoms with Gasteiger partial charge in [-0.25, -0.2) is 0 Å². The Hall–Kier alpha value is -3.08. The van der Waals surface area contributed by atoms with Crippen LogP contribution in [0.1, 0.15) is 30.6 Å². The number of hydrogen-bond acceptors (Lipinski definition) is 4. The first-order chi connectivity index (χ1) is 13.2. The average Bonchev–Trinajstić information content (AvgIpc) is 3.31. The fraction of sp³-hybridized carbons (Fsp3) is 0.273. The van der Waals surface area contributed by atoms with Gasteiger partial charge in [0.15, 0.2) is 0 Å². The van der Waals surface area contributed by atoms with Crippen molar-refractivity contribution in [3.8, 4) is 0 Å². The van der Waals surface area contributed by atoms with Crippen LogP contribution in [-0.4, -0.2) is 27.7 Å². The summed E-state index contributed by atoms with van der Waals surface area (Å²) in [6.45, 7) is 0.216. The fourth-order valence-corrected chi connectivity index (χ4v) is 4.00. The lowest BCUT2D eigenvalue weighted by Gasteiger charge is -2.32. The summed E-state index contributed by atoms with van der Waals surface area (Å²) >= 11 is 0. The van der Waals surface area contributed by atoms with E-state index in [1.54, 1.807) is 47.6 Å². The second-order valence-corrected chi connectivity index (χ2v) is 6.96. The monoisotopic (exact) mass is 363 g/mol. The molecule has 1 fully saturated rings. The topological polar surface area (TPSA) is 70.8 Å². The first kappa shape index (κ1) is 17.3. The molecule has 1 N–H and O–H groups in total. The van der Waals surface area contributed by atoms with E-state index in [9.17, 15) is 14.7 Å². The number of ketones is 1. The Morgan fingerprint density at radius 1 is 1.11 bits per heavy atom. The van der Waals surface area contributed by atoms with Crippen LogP contribution in [0.5, 0.6) is 0 Å². The van der Waals surface area contributed by atoms with Crippen LogP contribution < -0.4 is 0 Å². The first-order valence-corrected chi connectivity index (χ1v) is 9.18. The number of nitrogens with zero attached hydrogens (tertiary/aromatic N) is 1. The van der Waals surface area contributed by atoms with Crippen LogP contribution in [0.25, 0.3) is 5.76 Å². The van der Waals surface area contributed by atoms with Crippen molar-refractivity contribution in [2.45, 2.75) is 31.8 Å². The lowest BCUT2D eigenvalue weighted by molar-refractivity contribution is -0.140. The molecule has 2 aliphatic rings. The highest BCUT2D eigenvalue weighted by molar-refractivity contribution is 6.46. The van der Waals surface area contributed by atoms with Crippen molar-refractivity contribution >= 4 is 17.4 Å². The largest absolute Gasteiger partial charge is 0.507 e. The Balaban J connectivity index is 1.79. The molecule has 2 aromatic rings. The van der Waals surface area contributed by atoms with E-state index in [2.05, 4.69) is 12.2 Å². The number of allylic oxidation sites excluding steroid dienone is 2. The maximum atomic E-state index is 12.9. The second kappa shape index (κ2) is 7.27. The summed E-state index contributed by atoms with van der Waals surface area (Å²) in [6, 6.07) is 12.0. The Bertz CT molecular complexity index is 896. The minimum absolute atomic E-state index is 0.0845. The third-order valence-electron chi connectivity index (χ3n) is 5.30. The number of hydrogen-bond donors (Lipinski definition) is 1. The average molecular weight is 363 g/mol. The number of carbonyl (C=O) groups is 2. The summed E-state index contributed by atoms with van der Waals surface area (Å²) in [7, 11) is 0. The number of furan rings is 1. The molecule has 1 amide bonds. The van der Waals surface area contributed by atoms with Gasteiger partial charge in [-0.05, 0) is 37.3 Å². The van der Waals surface area contributed by atoms with Crippen LogP contribution in [0, 0.1) is 5.92 Å². The fourth-order valence-electron chi connectivity index (χ4n) is 4.00. The molecule has 0 radical (unpaired) electrons. The lowest BCUT2D eigenvalue weighted by Crippen LogP contribution is -2.39. The van der Waals surface area contributed by atoms with Gasteiger partial charge in [0.2, 0.25) is 0 Å². The van der Waals surface area contributed by atoms with Crippen molar-refractivity contribution in [3.63, 3.8) is 0 Å². The van der Waals surface area contributed by atoms with E-state index in [1.807, 2.05) is 6.07 Å². The molecule has 2 heterocycles. The van der Waals surface area contributed by atoms with Crippen molar-refractivity contribution in [2.75, 3.05) is 0 Å². The highest BCUT2D eigenvalue weighted by atomic mass is 16.3. The van der Waals surface area contributed by atoms with Gasteiger partial charge in [-0.15, -0.1) is 0 Å². The molecule has 1 aliphatic heterocycles. The Morgan fingerprint density at radius 2 is 1.93 bits per heavy atom. The highest BCUT2D eigenvalue weighted by Crippen LogP contribution is 2.38. The molecular weight excluding hydrogens is 342 g/mol. The summed E-state index contributed by atoms with van der Waals surface area (Å²) in [5.74, 6) is -0.601. The van der Waals surface area contributed by atoms with E-state index >= 15 is 0 Å². The maximum absolute atomic E-state index is 12.9. The minimum Gasteiger partial charge on any atom is -0.507 e. The van der Waals surface area contributed by atoms with E-state index in [1.165, 1.54) is 0 Å². The molecular formula is C22H21NO4. The van der Waals surface area contributed by atoms with E-state index in [0.717, 1.165) is 19.3 Å². The van der Waals surface area contributed by atoms with Gasteiger partial charge >= 0.3 is 0 Å². The summed E-state index contributed by atoms with van der Waals surface area (Å²) in [6.07, 6.45) is 8.29. The van der Waals surface area contributed by atoms with Gasteiger partial charge in [0.25, 0.3) is 11.7 Å². The number of likely N-dealkylation sites (tertiary alicyclic amines) is 1. The Labute approximate surface area is 157 Å². The van der Waals surface area contributed by atoms with Crippen LogP contribution in [0.3, 0.4) is 0 Å². The van der Waals surface area contributed by atoms with Crippen molar-refractivity contribution in [1.29, 1.82) is 0 Å². The third-order valence-corrected chi connectivity index (χ3v) is 5.30. The molecule has 5 nitrogen and oxygen atoms in total. The Kier molecular flexibility index (Phi) is 4.67. The number of aliphatic hydroxyl groups excluding tert-OH is 1. The number of carbonyl (C=O) groups excluding carboxylic acids is 2. The molecule has 4 rings (SSSR count). The number of benzene rings is 1. The van der Waals surface area contributed by atoms with Gasteiger partial charge in [0, 0.05) is 5.56 Å². The summed E-state index contributed by atoms with van der Waals surface area (Å²) in [5.41, 5.74) is 0.753. The quantitative estimate of drug-likeness (QED) is 0.387. The molecule has 2 unspecified atom stereocenters. The van der Waals surface area contributed by atoms with Crippen molar-refractivity contribution in [1.82, 2.24) is 4.90 Å². The maximum Gasteiger partial charge on any atom is 0.295 e. The minimum atomic E-state index is -0.623. The van der Waals surface area contributed by atoms with Crippen LogP contribution >= 0.6 is 0 Å². The molecule has 1 saturated heterocycles. The van der Waals surface area contributed by atoms with E-state index < -0.39 is 17.7 Å².